The number of hydrogen-bond donors (Lipinski definition) is 0. The first-order valence-corrected chi connectivity index (χ1v) is 14.8. The third-order valence-electron chi connectivity index (χ3n) is 7.02. The number of ether oxygens (including phenoxy) is 1. The molecule has 1 nitrogen and oxygen atoms in total. The number of rotatable bonds is 4. The molecule has 0 saturated heterocycles. The van der Waals surface area contributed by atoms with Crippen LogP contribution in [0, 0.1) is 0 Å². The predicted molar refractivity (Wildman–Crippen MR) is 152 cm³/mol. The Morgan fingerprint density at radius 2 is 1.11 bits per heavy atom. The third-order valence-corrected chi connectivity index (χ3v) is 12.3. The largest absolute Gasteiger partial charge is 0.457 e. The minimum absolute atomic E-state index is 0.965. The standard InChI is InChI=1S/C32H25BrOSi/c33-26-13-10-18-29(23-26)35(27-14-3-1-4-15-27,28-16-5-2-6-17-28)31-20-9-12-25-22-21-24-11-7-8-19-30(24)34-32(25)31/h1-20,23H,21-22H2. The first-order valence-electron chi connectivity index (χ1n) is 12.0. The van der Waals surface area contributed by atoms with E-state index in [1.807, 2.05) is 0 Å². The predicted octanol–water partition coefficient (Wildman–Crippen LogP) is 5.72. The van der Waals surface area contributed by atoms with Crippen molar-refractivity contribution in [1.82, 2.24) is 0 Å². The van der Waals surface area contributed by atoms with Gasteiger partial charge in [0, 0.05) is 4.47 Å². The second-order valence-electron chi connectivity index (χ2n) is 9.00. The molecule has 0 aliphatic carbocycles. The summed E-state index contributed by atoms with van der Waals surface area (Å²) in [6.45, 7) is 0. The molecule has 0 spiro atoms. The maximum atomic E-state index is 6.86. The Morgan fingerprint density at radius 3 is 1.83 bits per heavy atom. The van der Waals surface area contributed by atoms with E-state index in [-0.39, 0.29) is 0 Å². The molecule has 0 amide bonds. The van der Waals surface area contributed by atoms with Gasteiger partial charge in [0.1, 0.15) is 11.5 Å². The van der Waals surface area contributed by atoms with E-state index in [2.05, 4.69) is 143 Å². The van der Waals surface area contributed by atoms with Crippen LogP contribution >= 0.6 is 15.9 Å². The second kappa shape index (κ2) is 9.33. The van der Waals surface area contributed by atoms with E-state index in [0.29, 0.717) is 0 Å². The van der Waals surface area contributed by atoms with Gasteiger partial charge in [-0.2, -0.15) is 0 Å². The van der Waals surface area contributed by atoms with Gasteiger partial charge in [0.15, 0.2) is 8.07 Å². The Hall–Kier alpha value is -3.40. The van der Waals surface area contributed by atoms with E-state index < -0.39 is 8.07 Å². The summed E-state index contributed by atoms with van der Waals surface area (Å²) >= 11 is 3.77. The molecule has 1 heterocycles. The number of fused-ring (bicyclic) bond motifs is 2. The summed E-state index contributed by atoms with van der Waals surface area (Å²) < 4.78 is 7.95. The molecule has 0 N–H and O–H groups in total. The number of para-hydroxylation sites is 2. The molecule has 35 heavy (non-hydrogen) atoms. The van der Waals surface area contributed by atoms with Gasteiger partial charge in [-0.3, -0.25) is 0 Å². The highest BCUT2D eigenvalue weighted by molar-refractivity contribution is 9.10. The third kappa shape index (κ3) is 3.85. The van der Waals surface area contributed by atoms with Crippen LogP contribution in [-0.4, -0.2) is 8.07 Å². The maximum Gasteiger partial charge on any atom is 0.184 e. The molecule has 3 heteroatoms. The first-order chi connectivity index (χ1) is 17.3. The second-order valence-corrected chi connectivity index (χ2v) is 13.7. The van der Waals surface area contributed by atoms with Crippen LogP contribution in [0.2, 0.25) is 0 Å². The van der Waals surface area contributed by atoms with Gasteiger partial charge in [-0.05, 0) is 62.9 Å². The molecule has 0 radical (unpaired) electrons. The molecule has 170 valence electrons. The molecular formula is C32H25BrOSi. The summed E-state index contributed by atoms with van der Waals surface area (Å²) in [6, 6.07) is 46.1. The Morgan fingerprint density at radius 1 is 0.543 bits per heavy atom. The van der Waals surface area contributed by atoms with Gasteiger partial charge >= 0.3 is 0 Å². The highest BCUT2D eigenvalue weighted by Gasteiger charge is 2.44. The monoisotopic (exact) mass is 532 g/mol. The Balaban J connectivity index is 1.73. The van der Waals surface area contributed by atoms with Crippen LogP contribution in [0.5, 0.6) is 11.5 Å². The minimum atomic E-state index is -2.71. The van der Waals surface area contributed by atoms with Crippen LogP contribution in [-0.2, 0) is 12.8 Å². The highest BCUT2D eigenvalue weighted by Crippen LogP contribution is 2.33. The molecule has 6 rings (SSSR count). The highest BCUT2D eigenvalue weighted by atomic mass is 79.9. The average molecular weight is 534 g/mol. The lowest BCUT2D eigenvalue weighted by Crippen LogP contribution is -2.75. The van der Waals surface area contributed by atoms with E-state index in [1.165, 1.54) is 31.9 Å². The molecule has 1 aliphatic rings. The van der Waals surface area contributed by atoms with Crippen LogP contribution in [0.15, 0.2) is 132 Å². The summed E-state index contributed by atoms with van der Waals surface area (Å²) in [7, 11) is -2.71. The topological polar surface area (TPSA) is 9.23 Å². The lowest BCUT2D eigenvalue weighted by Gasteiger charge is -2.36. The molecular weight excluding hydrogens is 508 g/mol. The van der Waals surface area contributed by atoms with Gasteiger partial charge in [0.05, 0.1) is 0 Å². The molecule has 5 aromatic rings. The van der Waals surface area contributed by atoms with Gasteiger partial charge in [-0.25, -0.2) is 0 Å². The van der Waals surface area contributed by atoms with Crippen LogP contribution in [0.25, 0.3) is 0 Å². The van der Waals surface area contributed by atoms with E-state index in [0.717, 1.165) is 28.8 Å². The van der Waals surface area contributed by atoms with Gasteiger partial charge in [0.2, 0.25) is 0 Å². The number of benzene rings is 5. The van der Waals surface area contributed by atoms with Gasteiger partial charge in [0.25, 0.3) is 0 Å². The summed E-state index contributed by atoms with van der Waals surface area (Å²) in [4.78, 5) is 0. The van der Waals surface area contributed by atoms with Crippen molar-refractivity contribution in [2.45, 2.75) is 12.8 Å². The zero-order valence-electron chi connectivity index (χ0n) is 19.3. The van der Waals surface area contributed by atoms with E-state index in [4.69, 9.17) is 4.74 Å². The van der Waals surface area contributed by atoms with Gasteiger partial charge < -0.3 is 4.74 Å². The molecule has 0 atom stereocenters. The summed E-state index contributed by atoms with van der Waals surface area (Å²) in [5, 5.41) is 5.32. The Kier molecular flexibility index (Phi) is 5.89. The Labute approximate surface area is 216 Å². The van der Waals surface area contributed by atoms with Crippen LogP contribution in [0.1, 0.15) is 11.1 Å². The van der Waals surface area contributed by atoms with Crippen molar-refractivity contribution in [3.63, 3.8) is 0 Å². The van der Waals surface area contributed by atoms with Gasteiger partial charge in [-0.1, -0.05) is 125 Å². The van der Waals surface area contributed by atoms with Crippen LogP contribution in [0.4, 0.5) is 0 Å². The lowest BCUT2D eigenvalue weighted by atomic mass is 10.0. The Bertz CT molecular complexity index is 1440. The van der Waals surface area contributed by atoms with Crippen molar-refractivity contribution in [3.05, 3.63) is 143 Å². The zero-order chi connectivity index (χ0) is 23.7. The van der Waals surface area contributed by atoms with Crippen molar-refractivity contribution >= 4 is 44.8 Å². The normalized spacial score (nSPS) is 12.7. The SMILES string of the molecule is Brc1cccc([Si](c2ccccc2)(c2ccccc2)c2cccc3c2Oc2ccccc2CC3)c1. The number of aryl methyl sites for hydroxylation is 2. The van der Waals surface area contributed by atoms with Crippen LogP contribution < -0.4 is 25.5 Å². The average Bonchev–Trinajstić information content (AvgIpc) is 3.10. The summed E-state index contributed by atoms with van der Waals surface area (Å²) in [5.41, 5.74) is 2.54. The summed E-state index contributed by atoms with van der Waals surface area (Å²) in [5.74, 6) is 1.99. The molecule has 0 unspecified atom stereocenters. The van der Waals surface area contributed by atoms with E-state index in [9.17, 15) is 0 Å². The van der Waals surface area contributed by atoms with Gasteiger partial charge in [-0.15, -0.1) is 0 Å². The number of halogens is 1. The quantitative estimate of drug-likeness (QED) is 0.212. The molecule has 0 aromatic heterocycles. The fourth-order valence-electron chi connectivity index (χ4n) is 5.45. The van der Waals surface area contributed by atoms with Crippen molar-refractivity contribution < 1.29 is 4.74 Å². The lowest BCUT2D eigenvalue weighted by molar-refractivity contribution is 0.483. The van der Waals surface area contributed by atoms with E-state index >= 15 is 0 Å². The molecule has 0 bridgehead atoms. The van der Waals surface area contributed by atoms with Crippen molar-refractivity contribution in [3.8, 4) is 11.5 Å². The molecule has 0 saturated carbocycles. The summed E-state index contributed by atoms with van der Waals surface area (Å²) in [6.07, 6.45) is 1.95. The smallest absolute Gasteiger partial charge is 0.184 e. The van der Waals surface area contributed by atoms with Crippen molar-refractivity contribution in [1.29, 1.82) is 0 Å². The fraction of sp³-hybridized carbons (Fsp3) is 0.0625. The van der Waals surface area contributed by atoms with Crippen molar-refractivity contribution in [2.75, 3.05) is 0 Å². The number of hydrogen-bond acceptors (Lipinski definition) is 1. The van der Waals surface area contributed by atoms with E-state index in [1.54, 1.807) is 0 Å². The fourth-order valence-corrected chi connectivity index (χ4v) is 11.0. The first kappa shape index (κ1) is 22.1. The maximum absolute atomic E-state index is 6.86. The molecule has 0 fully saturated rings. The van der Waals surface area contributed by atoms with Crippen LogP contribution in [0.3, 0.4) is 0 Å². The minimum Gasteiger partial charge on any atom is -0.457 e. The molecule has 5 aromatic carbocycles. The molecule has 1 aliphatic heterocycles. The van der Waals surface area contributed by atoms with Crippen molar-refractivity contribution in [2.24, 2.45) is 0 Å². The zero-order valence-corrected chi connectivity index (χ0v) is 21.9.